The number of aliphatic imine (C=N–C) groups is 1. The van der Waals surface area contributed by atoms with Gasteiger partial charge in [-0.05, 0) is 96.2 Å². The molecule has 174 valence electrons. The molecule has 0 aromatic heterocycles. The molecule has 0 radical (unpaired) electrons. The minimum Gasteiger partial charge on any atom is -0.494 e. The van der Waals surface area contributed by atoms with Gasteiger partial charge >= 0.3 is 5.97 Å². The predicted molar refractivity (Wildman–Crippen MR) is 136 cm³/mol. The lowest BCUT2D eigenvalue weighted by Crippen LogP contribution is -2.19. The summed E-state index contributed by atoms with van der Waals surface area (Å²) in [4.78, 5) is 29.0. The Morgan fingerprint density at radius 1 is 1.15 bits per heavy atom. The van der Waals surface area contributed by atoms with Crippen LogP contribution in [0.4, 0.5) is 5.69 Å². The Kier molecular flexibility index (Phi) is 9.01. The van der Waals surface area contributed by atoms with E-state index in [1.807, 2.05) is 37.3 Å². The number of methoxy groups -OCH3 is 1. The van der Waals surface area contributed by atoms with Gasteiger partial charge in [0.25, 0.3) is 5.91 Å². The fourth-order valence-electron chi connectivity index (χ4n) is 2.83. The summed E-state index contributed by atoms with van der Waals surface area (Å²) in [6.45, 7) is 4.32. The molecule has 33 heavy (non-hydrogen) atoms. The summed E-state index contributed by atoms with van der Waals surface area (Å²) >= 11 is 3.34. The number of carbonyl (C=O) groups excluding carboxylic acids is 2. The van der Waals surface area contributed by atoms with Crippen molar-refractivity contribution in [2.75, 3.05) is 26.9 Å². The fourth-order valence-corrected chi connectivity index (χ4v) is 4.45. The molecule has 1 aliphatic heterocycles. The van der Waals surface area contributed by atoms with Gasteiger partial charge in [0, 0.05) is 0 Å². The van der Waals surface area contributed by atoms with E-state index in [2.05, 4.69) is 32.9 Å². The van der Waals surface area contributed by atoms with Gasteiger partial charge < -0.3 is 24.3 Å². The van der Waals surface area contributed by atoms with E-state index in [-0.39, 0.29) is 19.1 Å². The summed E-state index contributed by atoms with van der Waals surface area (Å²) in [7, 11) is 1.51. The third-order valence-electron chi connectivity index (χ3n) is 4.22. The number of nitrogens with zero attached hydrogens (tertiary/aromatic N) is 1. The van der Waals surface area contributed by atoms with Gasteiger partial charge in [-0.25, -0.2) is 9.79 Å². The van der Waals surface area contributed by atoms with E-state index in [4.69, 9.17) is 18.9 Å². The first-order valence-corrected chi connectivity index (χ1v) is 12.0. The van der Waals surface area contributed by atoms with Crippen LogP contribution in [0.3, 0.4) is 0 Å². The number of amides is 1. The van der Waals surface area contributed by atoms with Crippen molar-refractivity contribution in [1.29, 1.82) is 0 Å². The van der Waals surface area contributed by atoms with Crippen LogP contribution in [0.25, 0.3) is 6.08 Å². The lowest BCUT2D eigenvalue weighted by molar-refractivity contribution is -0.145. The molecule has 0 unspecified atom stereocenters. The van der Waals surface area contributed by atoms with Crippen LogP contribution in [0.1, 0.15) is 19.4 Å². The van der Waals surface area contributed by atoms with Crippen LogP contribution >= 0.6 is 34.4 Å². The predicted octanol–water partition coefficient (Wildman–Crippen LogP) is 4.53. The average Bonchev–Trinajstić information content (AvgIpc) is 3.12. The van der Waals surface area contributed by atoms with E-state index in [0.29, 0.717) is 33.9 Å². The van der Waals surface area contributed by atoms with Crippen LogP contribution in [0.5, 0.6) is 17.2 Å². The molecular formula is C23H23IN2O6S. The van der Waals surface area contributed by atoms with E-state index in [9.17, 15) is 9.59 Å². The van der Waals surface area contributed by atoms with Crippen LogP contribution in [0, 0.1) is 3.57 Å². The SMILES string of the molecule is CCOC(=O)COc1c(I)cc(/C=C2/SC(=Nc3ccc(OCC)cc3)NC2=O)cc1OC. The zero-order valence-corrected chi connectivity index (χ0v) is 21.3. The second-order valence-corrected chi connectivity index (χ2v) is 8.73. The molecule has 1 saturated heterocycles. The molecule has 1 amide bonds. The van der Waals surface area contributed by atoms with Crippen LogP contribution in [0.2, 0.25) is 0 Å². The van der Waals surface area contributed by atoms with Gasteiger partial charge in [-0.1, -0.05) is 0 Å². The normalized spacial score (nSPS) is 15.5. The number of nitrogens with one attached hydrogen (secondary N) is 1. The van der Waals surface area contributed by atoms with Crippen molar-refractivity contribution in [1.82, 2.24) is 5.32 Å². The lowest BCUT2D eigenvalue weighted by atomic mass is 10.2. The maximum Gasteiger partial charge on any atom is 0.344 e. The third kappa shape index (κ3) is 6.87. The van der Waals surface area contributed by atoms with Gasteiger partial charge in [0.2, 0.25) is 0 Å². The molecule has 0 spiro atoms. The molecule has 0 bridgehead atoms. The van der Waals surface area contributed by atoms with Crippen molar-refractivity contribution in [2.45, 2.75) is 13.8 Å². The average molecular weight is 582 g/mol. The molecule has 2 aromatic rings. The van der Waals surface area contributed by atoms with Crippen LogP contribution in [0.15, 0.2) is 46.3 Å². The zero-order chi connectivity index (χ0) is 23.8. The molecule has 8 nitrogen and oxygen atoms in total. The molecule has 0 saturated carbocycles. The highest BCUT2D eigenvalue weighted by molar-refractivity contribution is 14.1. The molecule has 10 heteroatoms. The van der Waals surface area contributed by atoms with E-state index < -0.39 is 5.97 Å². The van der Waals surface area contributed by atoms with Crippen LogP contribution in [-0.2, 0) is 14.3 Å². The molecular weight excluding hydrogens is 559 g/mol. The molecule has 0 aliphatic carbocycles. The van der Waals surface area contributed by atoms with E-state index >= 15 is 0 Å². The van der Waals surface area contributed by atoms with Gasteiger partial charge in [-0.2, -0.15) is 0 Å². The smallest absolute Gasteiger partial charge is 0.344 e. The summed E-state index contributed by atoms with van der Waals surface area (Å²) in [5.41, 5.74) is 1.46. The third-order valence-corrected chi connectivity index (χ3v) is 5.93. The number of carbonyl (C=O) groups is 2. The number of ether oxygens (including phenoxy) is 4. The molecule has 1 aliphatic rings. The van der Waals surface area contributed by atoms with Crippen LogP contribution in [-0.4, -0.2) is 44.0 Å². The number of hydrogen-bond acceptors (Lipinski definition) is 8. The highest BCUT2D eigenvalue weighted by Crippen LogP contribution is 2.36. The van der Waals surface area contributed by atoms with Crippen molar-refractivity contribution in [3.8, 4) is 17.2 Å². The van der Waals surface area contributed by atoms with E-state index in [0.717, 1.165) is 14.9 Å². The topological polar surface area (TPSA) is 95.5 Å². The van der Waals surface area contributed by atoms with Gasteiger partial charge in [0.15, 0.2) is 23.3 Å². The summed E-state index contributed by atoms with van der Waals surface area (Å²) in [6, 6.07) is 10.9. The largest absolute Gasteiger partial charge is 0.494 e. The Bertz CT molecular complexity index is 1090. The van der Waals surface area contributed by atoms with Gasteiger partial charge in [-0.15, -0.1) is 0 Å². The first-order valence-electron chi connectivity index (χ1n) is 10.1. The molecule has 1 N–H and O–H groups in total. The number of halogens is 1. The van der Waals surface area contributed by atoms with Crippen molar-refractivity contribution in [2.24, 2.45) is 4.99 Å². The highest BCUT2D eigenvalue weighted by Gasteiger charge is 2.24. The number of amidine groups is 1. The number of rotatable bonds is 9. The molecule has 1 fully saturated rings. The molecule has 0 atom stereocenters. The van der Waals surface area contributed by atoms with Crippen molar-refractivity contribution in [3.63, 3.8) is 0 Å². The maximum absolute atomic E-state index is 12.5. The van der Waals surface area contributed by atoms with Crippen molar-refractivity contribution >= 4 is 63.2 Å². The minimum absolute atomic E-state index is 0.218. The van der Waals surface area contributed by atoms with Gasteiger partial charge in [0.05, 0.1) is 34.5 Å². The number of esters is 1. The summed E-state index contributed by atoms with van der Waals surface area (Å²) in [6.07, 6.45) is 1.75. The summed E-state index contributed by atoms with van der Waals surface area (Å²) in [5, 5.41) is 3.27. The van der Waals surface area contributed by atoms with Gasteiger partial charge in [-0.3, -0.25) is 4.79 Å². The van der Waals surface area contributed by atoms with Crippen molar-refractivity contribution in [3.05, 3.63) is 50.4 Å². The monoisotopic (exact) mass is 582 g/mol. The molecule has 1 heterocycles. The maximum atomic E-state index is 12.5. The van der Waals surface area contributed by atoms with E-state index in [1.54, 1.807) is 19.1 Å². The summed E-state index contributed by atoms with van der Waals surface area (Å²) in [5.74, 6) is 0.962. The van der Waals surface area contributed by atoms with E-state index in [1.165, 1.54) is 18.9 Å². The zero-order valence-electron chi connectivity index (χ0n) is 18.3. The Morgan fingerprint density at radius 2 is 1.91 bits per heavy atom. The van der Waals surface area contributed by atoms with Crippen LogP contribution < -0.4 is 19.5 Å². The quantitative estimate of drug-likeness (QED) is 0.264. The van der Waals surface area contributed by atoms with Gasteiger partial charge in [0.1, 0.15) is 5.75 Å². The second kappa shape index (κ2) is 11.9. The lowest BCUT2D eigenvalue weighted by Gasteiger charge is -2.13. The number of hydrogen-bond donors (Lipinski definition) is 1. The first-order chi connectivity index (χ1) is 15.9. The first kappa shape index (κ1) is 24.9. The highest BCUT2D eigenvalue weighted by atomic mass is 127. The standard InChI is InChI=1S/C23H23IN2O6S/c1-4-30-16-8-6-15(7-9-16)25-23-26-22(28)19(33-23)12-14-10-17(24)21(18(11-14)29-3)32-13-20(27)31-5-2/h6-12H,4-5,13H2,1-3H3,(H,25,26,28)/b19-12+. The Labute approximate surface area is 209 Å². The fraction of sp³-hybridized carbons (Fsp3) is 0.261. The molecule has 2 aromatic carbocycles. The summed E-state index contributed by atoms with van der Waals surface area (Å²) < 4.78 is 22.1. The van der Waals surface area contributed by atoms with Crippen molar-refractivity contribution < 1.29 is 28.5 Å². The Hall–Kier alpha value is -2.73. The second-order valence-electron chi connectivity index (χ2n) is 6.54. The number of benzene rings is 2. The molecule has 3 rings (SSSR count). The minimum atomic E-state index is -0.458. The Balaban J connectivity index is 1.76. The number of thioether (sulfide) groups is 1. The Morgan fingerprint density at radius 3 is 2.58 bits per heavy atom.